The zero-order valence-electron chi connectivity index (χ0n) is 10.6. The second kappa shape index (κ2) is 7.87. The Labute approximate surface area is 109 Å². The highest BCUT2D eigenvalue weighted by atomic mass is 35.5. The van der Waals surface area contributed by atoms with E-state index in [4.69, 9.17) is 10.8 Å². The maximum absolute atomic E-state index is 11.9. The molecule has 0 aromatic rings. The number of hydrogen-bond acceptors (Lipinski definition) is 4. The first-order valence-corrected chi connectivity index (χ1v) is 5.94. The lowest BCUT2D eigenvalue weighted by Crippen LogP contribution is -2.54. The van der Waals surface area contributed by atoms with Crippen molar-refractivity contribution < 1.29 is 9.90 Å². The minimum Gasteiger partial charge on any atom is -0.395 e. The summed E-state index contributed by atoms with van der Waals surface area (Å²) < 4.78 is 0. The van der Waals surface area contributed by atoms with Crippen LogP contribution in [0.1, 0.15) is 13.8 Å². The summed E-state index contributed by atoms with van der Waals surface area (Å²) in [6, 6.07) is -0.385. The lowest BCUT2D eigenvalue weighted by molar-refractivity contribution is -0.135. The third-order valence-electron chi connectivity index (χ3n) is 3.10. The molecule has 0 unspecified atom stereocenters. The Morgan fingerprint density at radius 2 is 1.82 bits per heavy atom. The molecule has 0 spiro atoms. The minimum atomic E-state index is -0.385. The number of halogens is 1. The number of amides is 1. The molecule has 102 valence electrons. The summed E-state index contributed by atoms with van der Waals surface area (Å²) in [5, 5.41) is 8.81. The predicted octanol–water partition coefficient (Wildman–Crippen LogP) is -0.472. The van der Waals surface area contributed by atoms with Crippen LogP contribution in [0.15, 0.2) is 0 Å². The number of carbonyl (C=O) groups excluding carboxylic acids is 1. The number of piperazine rings is 1. The van der Waals surface area contributed by atoms with Crippen LogP contribution < -0.4 is 5.73 Å². The van der Waals surface area contributed by atoms with Gasteiger partial charge in [-0.25, -0.2) is 0 Å². The molecule has 0 aromatic heterocycles. The van der Waals surface area contributed by atoms with Crippen molar-refractivity contribution in [3.63, 3.8) is 0 Å². The Kier molecular flexibility index (Phi) is 7.70. The molecule has 0 saturated carbocycles. The molecular weight excluding hydrogens is 242 g/mol. The van der Waals surface area contributed by atoms with Crippen molar-refractivity contribution in [2.45, 2.75) is 19.9 Å². The van der Waals surface area contributed by atoms with Gasteiger partial charge in [-0.2, -0.15) is 0 Å². The Morgan fingerprint density at radius 1 is 1.29 bits per heavy atom. The van der Waals surface area contributed by atoms with Crippen molar-refractivity contribution in [2.75, 3.05) is 39.3 Å². The summed E-state index contributed by atoms with van der Waals surface area (Å²) in [6.45, 7) is 7.90. The number of aliphatic hydroxyl groups excluding tert-OH is 1. The fourth-order valence-electron chi connectivity index (χ4n) is 1.83. The second-order valence-corrected chi connectivity index (χ2v) is 4.66. The maximum atomic E-state index is 11.9. The van der Waals surface area contributed by atoms with E-state index in [-0.39, 0.29) is 36.9 Å². The second-order valence-electron chi connectivity index (χ2n) is 4.66. The van der Waals surface area contributed by atoms with Gasteiger partial charge in [0.25, 0.3) is 0 Å². The molecule has 17 heavy (non-hydrogen) atoms. The summed E-state index contributed by atoms with van der Waals surface area (Å²) in [6.07, 6.45) is 0. The van der Waals surface area contributed by atoms with Gasteiger partial charge in [-0.05, 0) is 5.92 Å². The molecule has 1 heterocycles. The summed E-state index contributed by atoms with van der Waals surface area (Å²) in [5.74, 6) is 0.238. The molecule has 6 heteroatoms. The van der Waals surface area contributed by atoms with E-state index < -0.39 is 0 Å². The number of nitrogens with zero attached hydrogens (tertiary/aromatic N) is 2. The summed E-state index contributed by atoms with van der Waals surface area (Å²) in [5.41, 5.74) is 5.84. The average molecular weight is 266 g/mol. The SMILES string of the molecule is CC(C)[C@H](N)C(=O)N1CCN(CCO)CC1.Cl. The van der Waals surface area contributed by atoms with Crippen LogP contribution in [0, 0.1) is 5.92 Å². The zero-order chi connectivity index (χ0) is 12.1. The van der Waals surface area contributed by atoms with E-state index in [1.807, 2.05) is 18.7 Å². The third-order valence-corrected chi connectivity index (χ3v) is 3.10. The van der Waals surface area contributed by atoms with E-state index >= 15 is 0 Å². The number of β-amino-alcohol motifs (C(OH)–C–C–N with tert-alkyl or cyclic N) is 1. The molecule has 1 aliphatic heterocycles. The van der Waals surface area contributed by atoms with Gasteiger partial charge in [0, 0.05) is 32.7 Å². The quantitative estimate of drug-likeness (QED) is 0.721. The van der Waals surface area contributed by atoms with Crippen LogP contribution in [0.2, 0.25) is 0 Å². The molecule has 1 amide bonds. The van der Waals surface area contributed by atoms with Crippen LogP contribution in [-0.4, -0.2) is 66.2 Å². The van der Waals surface area contributed by atoms with Gasteiger partial charge in [-0.3, -0.25) is 9.69 Å². The molecule has 0 radical (unpaired) electrons. The van der Waals surface area contributed by atoms with Gasteiger partial charge in [-0.1, -0.05) is 13.8 Å². The first kappa shape index (κ1) is 16.6. The van der Waals surface area contributed by atoms with Gasteiger partial charge in [0.1, 0.15) is 0 Å². The monoisotopic (exact) mass is 265 g/mol. The standard InChI is InChI=1S/C11H23N3O2.ClH/c1-9(2)10(12)11(16)14-5-3-13(4-6-14)7-8-15;/h9-10,15H,3-8,12H2,1-2H3;1H/t10-;/m0./s1. The summed E-state index contributed by atoms with van der Waals surface area (Å²) in [7, 11) is 0. The minimum absolute atomic E-state index is 0. The summed E-state index contributed by atoms with van der Waals surface area (Å²) in [4.78, 5) is 15.9. The van der Waals surface area contributed by atoms with Crippen molar-refractivity contribution in [1.82, 2.24) is 9.80 Å². The molecule has 1 aliphatic rings. The molecule has 5 nitrogen and oxygen atoms in total. The highest BCUT2D eigenvalue weighted by Crippen LogP contribution is 2.07. The van der Waals surface area contributed by atoms with Crippen molar-refractivity contribution >= 4 is 18.3 Å². The van der Waals surface area contributed by atoms with Crippen molar-refractivity contribution in [2.24, 2.45) is 11.7 Å². The highest BCUT2D eigenvalue weighted by molar-refractivity contribution is 5.85. The van der Waals surface area contributed by atoms with Crippen LogP contribution in [0.5, 0.6) is 0 Å². The molecule has 0 bridgehead atoms. The Balaban J connectivity index is 0.00000256. The molecule has 1 saturated heterocycles. The van der Waals surface area contributed by atoms with E-state index in [9.17, 15) is 4.79 Å². The van der Waals surface area contributed by atoms with E-state index in [0.717, 1.165) is 26.2 Å². The normalized spacial score (nSPS) is 19.0. The van der Waals surface area contributed by atoms with Crippen molar-refractivity contribution in [3.05, 3.63) is 0 Å². The molecule has 1 fully saturated rings. The fourth-order valence-corrected chi connectivity index (χ4v) is 1.83. The molecule has 0 aliphatic carbocycles. The van der Waals surface area contributed by atoms with Crippen LogP contribution in [0.25, 0.3) is 0 Å². The highest BCUT2D eigenvalue weighted by Gasteiger charge is 2.26. The Hall–Kier alpha value is -0.360. The van der Waals surface area contributed by atoms with Gasteiger partial charge in [-0.15, -0.1) is 12.4 Å². The number of nitrogens with two attached hydrogens (primary N) is 1. The van der Waals surface area contributed by atoms with E-state index in [2.05, 4.69) is 4.90 Å². The number of rotatable bonds is 4. The fraction of sp³-hybridized carbons (Fsp3) is 0.909. The molecule has 1 atom stereocenters. The van der Waals surface area contributed by atoms with E-state index in [1.165, 1.54) is 0 Å². The van der Waals surface area contributed by atoms with Gasteiger partial charge in [0.15, 0.2) is 0 Å². The topological polar surface area (TPSA) is 69.8 Å². The van der Waals surface area contributed by atoms with Crippen LogP contribution in [-0.2, 0) is 4.79 Å². The first-order chi connectivity index (χ1) is 7.56. The van der Waals surface area contributed by atoms with Crippen LogP contribution >= 0.6 is 12.4 Å². The number of aliphatic hydroxyl groups is 1. The number of hydrogen-bond donors (Lipinski definition) is 2. The largest absolute Gasteiger partial charge is 0.395 e. The Bertz CT molecular complexity index is 231. The van der Waals surface area contributed by atoms with Gasteiger partial charge >= 0.3 is 0 Å². The van der Waals surface area contributed by atoms with Crippen molar-refractivity contribution in [1.29, 1.82) is 0 Å². The average Bonchev–Trinajstić information content (AvgIpc) is 2.28. The maximum Gasteiger partial charge on any atom is 0.239 e. The molecule has 1 rings (SSSR count). The lowest BCUT2D eigenvalue weighted by atomic mass is 10.0. The van der Waals surface area contributed by atoms with Crippen LogP contribution in [0.4, 0.5) is 0 Å². The first-order valence-electron chi connectivity index (χ1n) is 5.94. The smallest absolute Gasteiger partial charge is 0.239 e. The predicted molar refractivity (Wildman–Crippen MR) is 70.2 cm³/mol. The van der Waals surface area contributed by atoms with Gasteiger partial charge in [0.05, 0.1) is 12.6 Å². The molecular formula is C11H24ClN3O2. The zero-order valence-corrected chi connectivity index (χ0v) is 11.4. The van der Waals surface area contributed by atoms with E-state index in [1.54, 1.807) is 0 Å². The van der Waals surface area contributed by atoms with Crippen molar-refractivity contribution in [3.8, 4) is 0 Å². The van der Waals surface area contributed by atoms with E-state index in [0.29, 0.717) is 6.54 Å². The van der Waals surface area contributed by atoms with Crippen LogP contribution in [0.3, 0.4) is 0 Å². The van der Waals surface area contributed by atoms with Gasteiger partial charge < -0.3 is 15.7 Å². The number of carbonyl (C=O) groups is 1. The molecule has 0 aromatic carbocycles. The van der Waals surface area contributed by atoms with Gasteiger partial charge in [0.2, 0.25) is 5.91 Å². The molecule has 3 N–H and O–H groups in total. The lowest BCUT2D eigenvalue weighted by Gasteiger charge is -2.36. The third kappa shape index (κ3) is 4.79. The Morgan fingerprint density at radius 3 is 2.24 bits per heavy atom. The summed E-state index contributed by atoms with van der Waals surface area (Å²) >= 11 is 0.